The molecule has 218 valence electrons. The fourth-order valence-corrected chi connectivity index (χ4v) is 5.59. The summed E-state index contributed by atoms with van der Waals surface area (Å²) in [5.74, 6) is -1.45. The van der Waals surface area contributed by atoms with E-state index >= 15 is 0 Å². The van der Waals surface area contributed by atoms with Gasteiger partial charge in [-0.15, -0.1) is 0 Å². The van der Waals surface area contributed by atoms with E-state index < -0.39 is 11.8 Å². The molecule has 0 bridgehead atoms. The molecule has 0 unspecified atom stereocenters. The lowest BCUT2D eigenvalue weighted by atomic mass is 9.90. The Labute approximate surface area is 252 Å². The first kappa shape index (κ1) is 29.4. The van der Waals surface area contributed by atoms with E-state index in [1.807, 2.05) is 47.0 Å². The first-order valence-electron chi connectivity index (χ1n) is 14.6. The Hall–Kier alpha value is -5.10. The number of Topliss-reactive ketones (excluding diaryl/α,β-unsaturated/α-hetero) is 1. The van der Waals surface area contributed by atoms with E-state index in [-0.39, 0.29) is 5.56 Å². The number of aryl methyl sites for hydroxylation is 1. The maximum absolute atomic E-state index is 12.1. The monoisotopic (exact) mass is 572 g/mol. The van der Waals surface area contributed by atoms with Crippen molar-refractivity contribution < 1.29 is 19.4 Å². The molecule has 5 rings (SSSR count). The quantitative estimate of drug-likeness (QED) is 0.0644. The van der Waals surface area contributed by atoms with Crippen molar-refractivity contribution >= 4 is 39.5 Å². The number of nitrogens with one attached hydrogen (secondary N) is 1. The smallest absolute Gasteiger partial charge is 0.377 e. The van der Waals surface area contributed by atoms with Crippen molar-refractivity contribution in [1.29, 1.82) is 0 Å². The van der Waals surface area contributed by atoms with Crippen molar-refractivity contribution in [3.05, 3.63) is 132 Å². The summed E-state index contributed by atoms with van der Waals surface area (Å²) in [5.41, 5.74) is 7.89. The van der Waals surface area contributed by atoms with Crippen molar-refractivity contribution in [3.63, 3.8) is 0 Å². The number of unbranched alkanes of at least 4 members (excludes halogenated alkanes) is 2. The topological polar surface area (TPSA) is 80.6 Å². The highest BCUT2D eigenvalue weighted by molar-refractivity contribution is 6.42. The van der Waals surface area contributed by atoms with Crippen LogP contribution in [0.5, 0.6) is 5.75 Å². The predicted molar refractivity (Wildman–Crippen MR) is 174 cm³/mol. The van der Waals surface area contributed by atoms with Gasteiger partial charge in [0, 0.05) is 41.4 Å². The number of carboxylic acid groups (broad SMARTS) is 1. The highest BCUT2D eigenvalue weighted by atomic mass is 16.5. The summed E-state index contributed by atoms with van der Waals surface area (Å²) in [6, 6.07) is 34.6. The number of carbonyl (C=O) groups excluding carboxylic acids is 1. The Bertz CT molecular complexity index is 1750. The number of carboxylic acids is 1. The zero-order valence-corrected chi connectivity index (χ0v) is 24.5. The van der Waals surface area contributed by atoms with Gasteiger partial charge in [0.25, 0.3) is 5.78 Å². The van der Waals surface area contributed by atoms with Crippen LogP contribution in [0.1, 0.15) is 53.2 Å². The highest BCUT2D eigenvalue weighted by Gasteiger charge is 2.20. The molecule has 5 aromatic rings. The molecule has 1 heterocycles. The lowest BCUT2D eigenvalue weighted by Crippen LogP contribution is -2.12. The molecule has 0 amide bonds. The molecule has 0 atom stereocenters. The summed E-state index contributed by atoms with van der Waals surface area (Å²) < 4.78 is 7.65. The number of rotatable bonds is 13. The average Bonchev–Trinajstić information content (AvgIpc) is 3.42. The van der Waals surface area contributed by atoms with Crippen LogP contribution >= 0.6 is 0 Å². The molecule has 0 aliphatic rings. The van der Waals surface area contributed by atoms with Crippen molar-refractivity contribution in [2.45, 2.75) is 32.7 Å². The van der Waals surface area contributed by atoms with Crippen LogP contribution in [-0.2, 0) is 11.3 Å². The number of ether oxygens (including phenoxy) is 1. The van der Waals surface area contributed by atoms with Gasteiger partial charge >= 0.3 is 5.97 Å². The summed E-state index contributed by atoms with van der Waals surface area (Å²) in [6.07, 6.45) is 4.59. The minimum atomic E-state index is -1.43. The van der Waals surface area contributed by atoms with Crippen LogP contribution in [0, 0.1) is 0 Å². The summed E-state index contributed by atoms with van der Waals surface area (Å²) >= 11 is 0. The summed E-state index contributed by atoms with van der Waals surface area (Å²) in [7, 11) is 1.71. The van der Waals surface area contributed by atoms with Gasteiger partial charge in [-0.1, -0.05) is 78.9 Å². The van der Waals surface area contributed by atoms with Gasteiger partial charge in [-0.3, -0.25) is 4.79 Å². The van der Waals surface area contributed by atoms with Crippen molar-refractivity contribution in [2.24, 2.45) is 0 Å². The van der Waals surface area contributed by atoms with E-state index in [1.54, 1.807) is 19.4 Å². The third-order valence-electron chi connectivity index (χ3n) is 7.75. The van der Waals surface area contributed by atoms with Crippen molar-refractivity contribution in [3.8, 4) is 5.75 Å². The highest BCUT2D eigenvalue weighted by Crippen LogP contribution is 2.36. The van der Waals surface area contributed by atoms with Crippen molar-refractivity contribution in [1.82, 2.24) is 4.57 Å². The first-order valence-corrected chi connectivity index (χ1v) is 14.6. The van der Waals surface area contributed by atoms with Gasteiger partial charge in [0.1, 0.15) is 5.75 Å². The van der Waals surface area contributed by atoms with Crippen LogP contribution in [0.15, 0.2) is 109 Å². The minimum absolute atomic E-state index is 0.247. The van der Waals surface area contributed by atoms with Crippen LogP contribution in [-0.4, -0.2) is 35.1 Å². The lowest BCUT2D eigenvalue weighted by molar-refractivity contribution is -0.131. The molecule has 6 nitrogen and oxygen atoms in total. The summed E-state index contributed by atoms with van der Waals surface area (Å²) in [4.78, 5) is 23.4. The first-order chi connectivity index (χ1) is 21.0. The minimum Gasteiger partial charge on any atom is -0.496 e. The third-order valence-corrected chi connectivity index (χ3v) is 7.75. The normalized spacial score (nSPS) is 11.7. The van der Waals surface area contributed by atoms with E-state index in [1.165, 1.54) is 5.57 Å². The van der Waals surface area contributed by atoms with Gasteiger partial charge in [0.05, 0.1) is 12.7 Å². The molecule has 0 aliphatic carbocycles. The molecular formula is C37H36N2O4. The molecule has 0 aliphatic heterocycles. The fraction of sp³-hybridized carbons (Fsp3) is 0.189. The van der Waals surface area contributed by atoms with Crippen LogP contribution in [0.25, 0.3) is 22.0 Å². The van der Waals surface area contributed by atoms with Crippen LogP contribution in [0.4, 0.5) is 5.69 Å². The molecule has 0 fully saturated rings. The molecule has 6 heteroatoms. The van der Waals surface area contributed by atoms with E-state index in [4.69, 9.17) is 4.74 Å². The van der Waals surface area contributed by atoms with E-state index in [0.717, 1.165) is 71.6 Å². The molecule has 2 N–H and O–H groups in total. The molecule has 0 saturated carbocycles. The Morgan fingerprint density at radius 1 is 0.767 bits per heavy atom. The summed E-state index contributed by atoms with van der Waals surface area (Å²) in [6.45, 7) is 3.71. The number of anilines is 1. The summed E-state index contributed by atoms with van der Waals surface area (Å²) in [5, 5.41) is 13.4. The number of para-hydroxylation sites is 2. The number of carbonyl (C=O) groups is 2. The van der Waals surface area contributed by atoms with Gasteiger partial charge in [0.2, 0.25) is 0 Å². The fourth-order valence-electron chi connectivity index (χ4n) is 5.59. The molecule has 4 aromatic carbocycles. The average molecular weight is 573 g/mol. The number of nitrogens with zero attached hydrogens (tertiary/aromatic N) is 1. The largest absolute Gasteiger partial charge is 0.496 e. The number of allylic oxidation sites excluding steroid dienone is 1. The number of methoxy groups -OCH3 is 1. The van der Waals surface area contributed by atoms with Crippen molar-refractivity contribution in [2.75, 3.05) is 19.0 Å². The SMILES string of the molecule is COc1ccccc1/C(C)=C(/c1ccccc1)c1ccc(NCCCCCn2cc(C(=O)C(=O)O)c3ccccc32)cc1. The van der Waals surface area contributed by atoms with E-state index in [2.05, 4.69) is 66.8 Å². The maximum Gasteiger partial charge on any atom is 0.377 e. The second-order valence-corrected chi connectivity index (χ2v) is 10.5. The second-order valence-electron chi connectivity index (χ2n) is 10.5. The zero-order valence-electron chi connectivity index (χ0n) is 24.5. The second kappa shape index (κ2) is 13.7. The van der Waals surface area contributed by atoms with E-state index in [9.17, 15) is 14.7 Å². The van der Waals surface area contributed by atoms with Gasteiger partial charge in [-0.2, -0.15) is 0 Å². The molecule has 1 aromatic heterocycles. The number of benzene rings is 4. The number of hydrogen-bond donors (Lipinski definition) is 2. The van der Waals surface area contributed by atoms with Crippen LogP contribution in [0.2, 0.25) is 0 Å². The Morgan fingerprint density at radius 3 is 2.19 bits per heavy atom. The zero-order chi connectivity index (χ0) is 30.2. The number of hydrogen-bond acceptors (Lipinski definition) is 4. The number of aliphatic carboxylic acids is 1. The number of ketones is 1. The standard InChI is InChI=1S/C37H36N2O4/c1-26(30-15-8-10-18-34(30)43-2)35(27-13-5-3-6-14-27)28-19-21-29(22-20-28)38-23-11-4-12-24-39-25-32(36(40)37(41)42)31-16-7-9-17-33(31)39/h3,5-10,13-22,25,38H,4,11-12,23-24H2,1-2H3,(H,41,42)/b35-26-. The van der Waals surface area contributed by atoms with E-state index in [0.29, 0.717) is 5.39 Å². The Kier molecular flexibility index (Phi) is 9.37. The predicted octanol–water partition coefficient (Wildman–Crippen LogP) is 8.18. The molecule has 0 radical (unpaired) electrons. The Balaban J connectivity index is 1.21. The molecular weight excluding hydrogens is 536 g/mol. The van der Waals surface area contributed by atoms with Gasteiger partial charge in [-0.25, -0.2) is 4.79 Å². The molecule has 0 saturated heterocycles. The van der Waals surface area contributed by atoms with Gasteiger partial charge in [0.15, 0.2) is 0 Å². The number of fused-ring (bicyclic) bond motifs is 1. The van der Waals surface area contributed by atoms with Crippen LogP contribution in [0.3, 0.4) is 0 Å². The molecule has 0 spiro atoms. The maximum atomic E-state index is 12.1. The lowest BCUT2D eigenvalue weighted by Gasteiger charge is -2.17. The molecule has 43 heavy (non-hydrogen) atoms. The van der Waals surface area contributed by atoms with Gasteiger partial charge in [-0.05, 0) is 72.7 Å². The van der Waals surface area contributed by atoms with Gasteiger partial charge < -0.3 is 19.7 Å². The Morgan fingerprint density at radius 2 is 1.44 bits per heavy atom. The number of aromatic nitrogens is 1. The van der Waals surface area contributed by atoms with Crippen LogP contribution < -0.4 is 10.1 Å². The third kappa shape index (κ3) is 6.70.